The Morgan fingerprint density at radius 3 is 2.78 bits per heavy atom. The summed E-state index contributed by atoms with van der Waals surface area (Å²) in [7, 11) is 0. The maximum atomic E-state index is 8.69. The molecule has 1 saturated carbocycles. The third kappa shape index (κ3) is 3.19. The minimum Gasteiger partial charge on any atom is -0.366 e. The first-order valence-corrected chi connectivity index (χ1v) is 6.84. The van der Waals surface area contributed by atoms with Crippen molar-refractivity contribution in [3.63, 3.8) is 0 Å². The Hall–Kier alpha value is -1.63. The molecule has 1 N–H and O–H groups in total. The van der Waals surface area contributed by atoms with E-state index < -0.39 is 0 Å². The van der Waals surface area contributed by atoms with Gasteiger partial charge in [-0.15, -0.1) is 10.2 Å². The van der Waals surface area contributed by atoms with Crippen LogP contribution in [-0.2, 0) is 0 Å². The highest BCUT2D eigenvalue weighted by molar-refractivity contribution is 5.36. The first-order valence-electron chi connectivity index (χ1n) is 6.84. The number of rotatable bonds is 6. The minimum atomic E-state index is 0.370. The number of nitriles is 1. The zero-order valence-corrected chi connectivity index (χ0v) is 10.9. The molecule has 0 aliphatic heterocycles. The molecule has 1 aromatic rings. The van der Waals surface area contributed by atoms with E-state index in [2.05, 4.69) is 22.4 Å². The summed E-state index contributed by atoms with van der Waals surface area (Å²) in [6.07, 6.45) is 7.68. The molecule has 1 heterocycles. The largest absolute Gasteiger partial charge is 0.366 e. The highest BCUT2D eigenvalue weighted by Crippen LogP contribution is 2.33. The second-order valence-electron chi connectivity index (χ2n) is 5.00. The van der Waals surface area contributed by atoms with Crippen molar-refractivity contribution in [3.8, 4) is 6.07 Å². The summed E-state index contributed by atoms with van der Waals surface area (Å²) in [6.45, 7) is 2.22. The molecule has 4 heteroatoms. The van der Waals surface area contributed by atoms with Crippen molar-refractivity contribution in [3.05, 3.63) is 17.8 Å². The van der Waals surface area contributed by atoms with Gasteiger partial charge in [-0.1, -0.05) is 26.2 Å². The molecule has 2 rings (SSSR count). The lowest BCUT2D eigenvalue weighted by Crippen LogP contribution is -2.34. The summed E-state index contributed by atoms with van der Waals surface area (Å²) in [5.74, 6) is 1.58. The molecule has 96 valence electrons. The molecule has 1 fully saturated rings. The Balaban J connectivity index is 1.95. The smallest absolute Gasteiger partial charge is 0.163 e. The normalized spacial score (nSPS) is 16.7. The Labute approximate surface area is 108 Å². The predicted molar refractivity (Wildman–Crippen MR) is 71.0 cm³/mol. The van der Waals surface area contributed by atoms with E-state index >= 15 is 0 Å². The third-order valence-electron chi connectivity index (χ3n) is 3.70. The van der Waals surface area contributed by atoms with Gasteiger partial charge < -0.3 is 5.32 Å². The number of nitrogens with one attached hydrogen (secondary N) is 1. The fourth-order valence-corrected chi connectivity index (χ4v) is 2.35. The van der Waals surface area contributed by atoms with Crippen LogP contribution in [0.5, 0.6) is 0 Å². The van der Waals surface area contributed by atoms with Crippen LogP contribution in [0.2, 0.25) is 0 Å². The highest BCUT2D eigenvalue weighted by Gasteiger charge is 2.26. The molecule has 1 atom stereocenters. The average molecular weight is 244 g/mol. The Morgan fingerprint density at radius 1 is 1.44 bits per heavy atom. The SMILES string of the molecule is CCCCC(Nc1ccc(C#N)nn1)C1CCC1. The summed E-state index contributed by atoms with van der Waals surface area (Å²) in [5, 5.41) is 20.1. The van der Waals surface area contributed by atoms with Crippen LogP contribution in [-0.4, -0.2) is 16.2 Å². The molecule has 1 aromatic heterocycles. The van der Waals surface area contributed by atoms with Crippen molar-refractivity contribution in [2.45, 2.75) is 51.5 Å². The lowest BCUT2D eigenvalue weighted by Gasteiger charge is -2.34. The fraction of sp³-hybridized carbons (Fsp3) is 0.643. The van der Waals surface area contributed by atoms with Crippen LogP contribution in [0.3, 0.4) is 0 Å². The standard InChI is InChI=1S/C14H20N4/c1-2-3-7-13(11-5-4-6-11)16-14-9-8-12(10-15)17-18-14/h8-9,11,13H,2-7H2,1H3,(H,16,18). The van der Waals surface area contributed by atoms with Gasteiger partial charge in [0.15, 0.2) is 5.69 Å². The first kappa shape index (κ1) is 12.8. The Bertz CT molecular complexity index is 403. The van der Waals surface area contributed by atoms with E-state index in [1.165, 1.54) is 38.5 Å². The van der Waals surface area contributed by atoms with Crippen LogP contribution in [0.1, 0.15) is 51.1 Å². The van der Waals surface area contributed by atoms with Crippen LogP contribution in [0, 0.1) is 17.2 Å². The molecule has 0 saturated heterocycles. The maximum absolute atomic E-state index is 8.69. The molecular formula is C14H20N4. The molecular weight excluding hydrogens is 224 g/mol. The van der Waals surface area contributed by atoms with E-state index in [-0.39, 0.29) is 0 Å². The van der Waals surface area contributed by atoms with Gasteiger partial charge in [-0.25, -0.2) is 0 Å². The topological polar surface area (TPSA) is 61.6 Å². The van der Waals surface area contributed by atoms with Gasteiger partial charge in [0.2, 0.25) is 0 Å². The molecule has 4 nitrogen and oxygen atoms in total. The molecule has 1 unspecified atom stereocenters. The Morgan fingerprint density at radius 2 is 2.28 bits per heavy atom. The van der Waals surface area contributed by atoms with E-state index in [0.717, 1.165) is 11.7 Å². The minimum absolute atomic E-state index is 0.370. The number of hydrogen-bond donors (Lipinski definition) is 1. The van der Waals surface area contributed by atoms with Crippen LogP contribution >= 0.6 is 0 Å². The van der Waals surface area contributed by atoms with Gasteiger partial charge in [-0.2, -0.15) is 5.26 Å². The number of unbranched alkanes of at least 4 members (excludes halogenated alkanes) is 1. The van der Waals surface area contributed by atoms with Crippen molar-refractivity contribution < 1.29 is 0 Å². The van der Waals surface area contributed by atoms with Gasteiger partial charge in [0.25, 0.3) is 0 Å². The van der Waals surface area contributed by atoms with Gasteiger partial charge in [0.1, 0.15) is 11.9 Å². The van der Waals surface area contributed by atoms with E-state index in [1.54, 1.807) is 6.07 Å². The summed E-state index contributed by atoms with van der Waals surface area (Å²) < 4.78 is 0. The number of anilines is 1. The highest BCUT2D eigenvalue weighted by atomic mass is 15.2. The summed E-state index contributed by atoms with van der Waals surface area (Å²) in [5.41, 5.74) is 0.370. The molecule has 0 aromatic carbocycles. The fourth-order valence-electron chi connectivity index (χ4n) is 2.35. The molecule has 0 amide bonds. The maximum Gasteiger partial charge on any atom is 0.163 e. The molecule has 1 aliphatic rings. The van der Waals surface area contributed by atoms with E-state index in [1.807, 2.05) is 12.1 Å². The van der Waals surface area contributed by atoms with Gasteiger partial charge in [-0.3, -0.25) is 0 Å². The zero-order valence-electron chi connectivity index (χ0n) is 10.9. The van der Waals surface area contributed by atoms with Crippen molar-refractivity contribution in [1.82, 2.24) is 10.2 Å². The molecule has 0 radical (unpaired) electrons. The quantitative estimate of drug-likeness (QED) is 0.835. The van der Waals surface area contributed by atoms with E-state index in [9.17, 15) is 0 Å². The zero-order chi connectivity index (χ0) is 12.8. The second kappa shape index (κ2) is 6.34. The lowest BCUT2D eigenvalue weighted by molar-refractivity contribution is 0.263. The first-order chi connectivity index (χ1) is 8.83. The monoisotopic (exact) mass is 244 g/mol. The van der Waals surface area contributed by atoms with E-state index in [0.29, 0.717) is 11.7 Å². The predicted octanol–water partition coefficient (Wildman–Crippen LogP) is 3.12. The van der Waals surface area contributed by atoms with Gasteiger partial charge in [-0.05, 0) is 37.3 Å². The van der Waals surface area contributed by atoms with Crippen molar-refractivity contribution >= 4 is 5.82 Å². The van der Waals surface area contributed by atoms with Crippen LogP contribution in [0.25, 0.3) is 0 Å². The number of hydrogen-bond acceptors (Lipinski definition) is 4. The molecule has 1 aliphatic carbocycles. The van der Waals surface area contributed by atoms with Gasteiger partial charge in [0, 0.05) is 6.04 Å². The van der Waals surface area contributed by atoms with E-state index in [4.69, 9.17) is 5.26 Å². The summed E-state index contributed by atoms with van der Waals surface area (Å²) in [6, 6.07) is 6.07. The van der Waals surface area contributed by atoms with Crippen LogP contribution < -0.4 is 5.32 Å². The summed E-state index contributed by atoms with van der Waals surface area (Å²) in [4.78, 5) is 0. The third-order valence-corrected chi connectivity index (χ3v) is 3.70. The van der Waals surface area contributed by atoms with Crippen molar-refractivity contribution in [1.29, 1.82) is 5.26 Å². The van der Waals surface area contributed by atoms with Gasteiger partial charge >= 0.3 is 0 Å². The Kier molecular flexibility index (Phi) is 4.52. The van der Waals surface area contributed by atoms with Crippen molar-refractivity contribution in [2.24, 2.45) is 5.92 Å². The van der Waals surface area contributed by atoms with Crippen LogP contribution in [0.4, 0.5) is 5.82 Å². The lowest BCUT2D eigenvalue weighted by atomic mass is 9.78. The second-order valence-corrected chi connectivity index (χ2v) is 5.00. The molecule has 0 spiro atoms. The average Bonchev–Trinajstić information content (AvgIpc) is 2.34. The van der Waals surface area contributed by atoms with Gasteiger partial charge in [0.05, 0.1) is 0 Å². The molecule has 0 bridgehead atoms. The molecule has 18 heavy (non-hydrogen) atoms. The summed E-state index contributed by atoms with van der Waals surface area (Å²) >= 11 is 0. The number of nitrogens with zero attached hydrogens (tertiary/aromatic N) is 3. The van der Waals surface area contributed by atoms with Crippen molar-refractivity contribution in [2.75, 3.05) is 5.32 Å². The van der Waals surface area contributed by atoms with Crippen LogP contribution in [0.15, 0.2) is 12.1 Å². The number of aromatic nitrogens is 2.